The molecule has 0 aliphatic heterocycles. The Kier molecular flexibility index (Phi) is 4.05. The Bertz CT molecular complexity index is 645. The van der Waals surface area contributed by atoms with E-state index in [0.717, 1.165) is 0 Å². The minimum Gasteiger partial charge on any atom is -0.504 e. The summed E-state index contributed by atoms with van der Waals surface area (Å²) in [5.41, 5.74) is 0.988. The molecule has 0 aromatic heterocycles. The Morgan fingerprint density at radius 1 is 1.05 bits per heavy atom. The maximum Gasteiger partial charge on any atom is 0.339 e. The van der Waals surface area contributed by atoms with E-state index < -0.39 is 5.97 Å². The molecule has 2 N–H and O–H groups in total. The predicted molar refractivity (Wildman–Crippen MR) is 75.5 cm³/mol. The van der Waals surface area contributed by atoms with Gasteiger partial charge in [0.15, 0.2) is 11.5 Å². The standard InChI is InChI=1S/C16H14O4/c1-11(9-12-7-8-14(17)15(18)10-12)16(19)20-13-5-3-2-4-6-13/h2-10,17-18H,1H3. The average molecular weight is 270 g/mol. The van der Waals surface area contributed by atoms with Crippen LogP contribution in [-0.4, -0.2) is 16.2 Å². The van der Waals surface area contributed by atoms with E-state index in [0.29, 0.717) is 16.9 Å². The van der Waals surface area contributed by atoms with Gasteiger partial charge in [0.1, 0.15) is 5.75 Å². The van der Waals surface area contributed by atoms with Gasteiger partial charge in [0.2, 0.25) is 0 Å². The molecule has 2 rings (SSSR count). The summed E-state index contributed by atoms with van der Waals surface area (Å²) in [4.78, 5) is 11.9. The largest absolute Gasteiger partial charge is 0.504 e. The maximum absolute atomic E-state index is 11.9. The van der Waals surface area contributed by atoms with Gasteiger partial charge in [0, 0.05) is 5.57 Å². The second-order valence-electron chi connectivity index (χ2n) is 4.28. The number of benzene rings is 2. The number of aromatic hydroxyl groups is 2. The second-order valence-corrected chi connectivity index (χ2v) is 4.28. The molecule has 2 aromatic carbocycles. The van der Waals surface area contributed by atoms with Crippen molar-refractivity contribution >= 4 is 12.0 Å². The molecule has 0 aliphatic rings. The van der Waals surface area contributed by atoms with Crippen molar-refractivity contribution in [2.45, 2.75) is 6.92 Å². The molecule has 0 unspecified atom stereocenters. The smallest absolute Gasteiger partial charge is 0.339 e. The van der Waals surface area contributed by atoms with E-state index in [1.54, 1.807) is 43.3 Å². The Morgan fingerprint density at radius 2 is 1.75 bits per heavy atom. The van der Waals surface area contributed by atoms with Crippen molar-refractivity contribution in [3.8, 4) is 17.2 Å². The van der Waals surface area contributed by atoms with Crippen LogP contribution in [0.4, 0.5) is 0 Å². The highest BCUT2D eigenvalue weighted by molar-refractivity contribution is 5.94. The zero-order valence-electron chi connectivity index (χ0n) is 10.9. The number of hydrogen-bond donors (Lipinski definition) is 2. The number of rotatable bonds is 3. The number of ether oxygens (including phenoxy) is 1. The number of hydrogen-bond acceptors (Lipinski definition) is 4. The second kappa shape index (κ2) is 5.93. The fraction of sp³-hybridized carbons (Fsp3) is 0.0625. The molecule has 20 heavy (non-hydrogen) atoms. The molecule has 0 radical (unpaired) electrons. The summed E-state index contributed by atoms with van der Waals surface area (Å²) < 4.78 is 5.18. The van der Waals surface area contributed by atoms with Crippen LogP contribution in [0.1, 0.15) is 12.5 Å². The van der Waals surface area contributed by atoms with Crippen LogP contribution in [-0.2, 0) is 4.79 Å². The number of para-hydroxylation sites is 1. The van der Waals surface area contributed by atoms with E-state index in [-0.39, 0.29) is 11.5 Å². The summed E-state index contributed by atoms with van der Waals surface area (Å²) >= 11 is 0. The van der Waals surface area contributed by atoms with E-state index in [9.17, 15) is 15.0 Å². The molecule has 4 nitrogen and oxygen atoms in total. The molecule has 102 valence electrons. The van der Waals surface area contributed by atoms with Crippen molar-refractivity contribution in [2.24, 2.45) is 0 Å². The quantitative estimate of drug-likeness (QED) is 0.389. The van der Waals surface area contributed by atoms with Gasteiger partial charge in [-0.3, -0.25) is 0 Å². The molecule has 0 amide bonds. The third-order valence-electron chi connectivity index (χ3n) is 2.66. The lowest BCUT2D eigenvalue weighted by Crippen LogP contribution is -2.08. The number of carbonyl (C=O) groups is 1. The first-order valence-electron chi connectivity index (χ1n) is 6.04. The number of phenolic OH excluding ortho intramolecular Hbond substituents is 2. The molecule has 4 heteroatoms. The maximum atomic E-state index is 11.9. The highest BCUT2D eigenvalue weighted by Gasteiger charge is 2.08. The van der Waals surface area contributed by atoms with Crippen molar-refractivity contribution in [1.82, 2.24) is 0 Å². The Balaban J connectivity index is 2.13. The molecular formula is C16H14O4. The summed E-state index contributed by atoms with van der Waals surface area (Å²) in [6.45, 7) is 1.62. The summed E-state index contributed by atoms with van der Waals surface area (Å²) in [7, 11) is 0. The van der Waals surface area contributed by atoms with Crippen LogP contribution in [0.5, 0.6) is 17.2 Å². The number of carbonyl (C=O) groups excluding carboxylic acids is 1. The van der Waals surface area contributed by atoms with Crippen molar-refractivity contribution < 1.29 is 19.7 Å². The fourth-order valence-electron chi connectivity index (χ4n) is 1.62. The molecule has 0 heterocycles. The van der Waals surface area contributed by atoms with Gasteiger partial charge >= 0.3 is 5.97 Å². The minimum absolute atomic E-state index is 0.202. The molecule has 0 saturated heterocycles. The Hall–Kier alpha value is -2.75. The first-order chi connectivity index (χ1) is 9.56. The molecule has 0 atom stereocenters. The summed E-state index contributed by atoms with van der Waals surface area (Å²) in [5.74, 6) is -0.433. The topological polar surface area (TPSA) is 66.8 Å². The number of phenols is 2. The van der Waals surface area contributed by atoms with Crippen LogP contribution in [0.25, 0.3) is 6.08 Å². The molecule has 2 aromatic rings. The van der Waals surface area contributed by atoms with Gasteiger partial charge in [-0.15, -0.1) is 0 Å². The fourth-order valence-corrected chi connectivity index (χ4v) is 1.62. The van der Waals surface area contributed by atoms with E-state index in [4.69, 9.17) is 4.74 Å². The molecular weight excluding hydrogens is 256 g/mol. The lowest BCUT2D eigenvalue weighted by molar-refractivity contribution is -0.130. The van der Waals surface area contributed by atoms with Crippen molar-refractivity contribution in [2.75, 3.05) is 0 Å². The zero-order chi connectivity index (χ0) is 14.5. The summed E-state index contributed by atoms with van der Waals surface area (Å²) in [5, 5.41) is 18.6. The first-order valence-corrected chi connectivity index (χ1v) is 6.04. The minimum atomic E-state index is -0.469. The average Bonchev–Trinajstić information content (AvgIpc) is 2.44. The molecule has 0 saturated carbocycles. The molecule has 0 aliphatic carbocycles. The van der Waals surface area contributed by atoms with E-state index in [1.165, 1.54) is 12.1 Å². The Labute approximate surface area is 116 Å². The van der Waals surface area contributed by atoms with E-state index in [1.807, 2.05) is 6.07 Å². The van der Waals surface area contributed by atoms with Gasteiger partial charge in [-0.25, -0.2) is 4.79 Å². The Morgan fingerprint density at radius 3 is 2.40 bits per heavy atom. The zero-order valence-corrected chi connectivity index (χ0v) is 10.9. The molecule has 0 fully saturated rings. The lowest BCUT2D eigenvalue weighted by atomic mass is 10.1. The van der Waals surface area contributed by atoms with Gasteiger partial charge in [0.25, 0.3) is 0 Å². The summed E-state index contributed by atoms with van der Waals surface area (Å²) in [6.07, 6.45) is 1.57. The van der Waals surface area contributed by atoms with Crippen LogP contribution >= 0.6 is 0 Å². The van der Waals surface area contributed by atoms with Crippen LogP contribution < -0.4 is 4.74 Å². The van der Waals surface area contributed by atoms with Gasteiger partial charge in [0.05, 0.1) is 0 Å². The summed E-state index contributed by atoms with van der Waals surface area (Å²) in [6, 6.07) is 13.1. The van der Waals surface area contributed by atoms with Crippen molar-refractivity contribution in [3.05, 3.63) is 59.7 Å². The van der Waals surface area contributed by atoms with E-state index >= 15 is 0 Å². The third-order valence-corrected chi connectivity index (χ3v) is 2.66. The monoisotopic (exact) mass is 270 g/mol. The van der Waals surface area contributed by atoms with Crippen LogP contribution in [0.2, 0.25) is 0 Å². The third kappa shape index (κ3) is 3.38. The normalized spacial score (nSPS) is 11.2. The van der Waals surface area contributed by atoms with Crippen LogP contribution in [0.3, 0.4) is 0 Å². The van der Waals surface area contributed by atoms with Crippen molar-refractivity contribution in [3.63, 3.8) is 0 Å². The van der Waals surface area contributed by atoms with Gasteiger partial charge in [-0.2, -0.15) is 0 Å². The predicted octanol–water partition coefficient (Wildman–Crippen LogP) is 3.11. The van der Waals surface area contributed by atoms with Gasteiger partial charge < -0.3 is 14.9 Å². The van der Waals surface area contributed by atoms with E-state index in [2.05, 4.69) is 0 Å². The van der Waals surface area contributed by atoms with Crippen molar-refractivity contribution in [1.29, 1.82) is 0 Å². The number of esters is 1. The molecule has 0 bridgehead atoms. The lowest BCUT2D eigenvalue weighted by Gasteiger charge is -2.04. The van der Waals surface area contributed by atoms with Crippen LogP contribution in [0.15, 0.2) is 54.1 Å². The molecule has 0 spiro atoms. The van der Waals surface area contributed by atoms with Crippen LogP contribution in [0, 0.1) is 0 Å². The first kappa shape index (κ1) is 13.7. The van der Waals surface area contributed by atoms with Gasteiger partial charge in [-0.05, 0) is 42.8 Å². The SMILES string of the molecule is CC(=Cc1ccc(O)c(O)c1)C(=O)Oc1ccccc1. The van der Waals surface area contributed by atoms with Gasteiger partial charge in [-0.1, -0.05) is 24.3 Å². The highest BCUT2D eigenvalue weighted by Crippen LogP contribution is 2.26. The highest BCUT2D eigenvalue weighted by atomic mass is 16.5.